The van der Waals surface area contributed by atoms with Gasteiger partial charge in [0.05, 0.1) is 0 Å². The molecule has 2 atom stereocenters. The predicted octanol–water partition coefficient (Wildman–Crippen LogP) is 3.98. The fraction of sp³-hybridized carbons (Fsp3) is 0.474. The number of halogens is 2. The summed E-state index contributed by atoms with van der Waals surface area (Å²) in [4.78, 5) is 17.3. The monoisotopic (exact) mass is 379 g/mol. The van der Waals surface area contributed by atoms with Gasteiger partial charge in [-0.2, -0.15) is 0 Å². The second-order valence-electron chi connectivity index (χ2n) is 6.88. The summed E-state index contributed by atoms with van der Waals surface area (Å²) in [5.74, 6) is -0.361. The van der Waals surface area contributed by atoms with Crippen LogP contribution in [0.4, 0.5) is 13.9 Å². The molecule has 2 heterocycles. The van der Waals surface area contributed by atoms with Gasteiger partial charge < -0.3 is 10.6 Å². The zero-order chi connectivity index (χ0) is 18.5. The lowest BCUT2D eigenvalue weighted by atomic mass is 9.85. The molecular formula is C19H23F2N3OS. The molecule has 4 nitrogen and oxygen atoms in total. The van der Waals surface area contributed by atoms with Crippen molar-refractivity contribution in [3.8, 4) is 0 Å². The van der Waals surface area contributed by atoms with Crippen LogP contribution in [0.3, 0.4) is 0 Å². The summed E-state index contributed by atoms with van der Waals surface area (Å²) in [7, 11) is 0. The number of piperidine rings is 1. The molecule has 3 rings (SSSR count). The Kier molecular flexibility index (Phi) is 6.32. The van der Waals surface area contributed by atoms with Gasteiger partial charge in [0.25, 0.3) is 0 Å². The van der Waals surface area contributed by atoms with Gasteiger partial charge in [-0.15, -0.1) is 11.3 Å². The van der Waals surface area contributed by atoms with E-state index in [9.17, 15) is 13.6 Å². The van der Waals surface area contributed by atoms with Crippen LogP contribution in [0.2, 0.25) is 0 Å². The average Bonchev–Trinajstić information content (AvgIpc) is 3.05. The molecule has 1 aliphatic heterocycles. The predicted molar refractivity (Wildman–Crippen MR) is 99.3 cm³/mol. The Morgan fingerprint density at radius 2 is 2.31 bits per heavy atom. The maximum atomic E-state index is 13.7. The molecule has 1 saturated heterocycles. The zero-order valence-corrected chi connectivity index (χ0v) is 15.5. The number of thiazole rings is 1. The number of anilines is 1. The van der Waals surface area contributed by atoms with Crippen LogP contribution in [0.5, 0.6) is 0 Å². The van der Waals surface area contributed by atoms with E-state index in [1.165, 1.54) is 23.5 Å². The number of aromatic nitrogens is 1. The molecule has 1 aromatic carbocycles. The summed E-state index contributed by atoms with van der Waals surface area (Å²) in [6, 6.07) is 3.55. The van der Waals surface area contributed by atoms with Crippen LogP contribution in [0.1, 0.15) is 36.6 Å². The molecule has 1 aromatic heterocycles. The van der Waals surface area contributed by atoms with Crippen LogP contribution >= 0.6 is 11.3 Å². The smallest absolute Gasteiger partial charge is 0.226 e. The van der Waals surface area contributed by atoms with Gasteiger partial charge in [0.15, 0.2) is 5.13 Å². The van der Waals surface area contributed by atoms with Crippen LogP contribution in [0.15, 0.2) is 24.4 Å². The molecule has 1 aliphatic rings. The third-order valence-corrected chi connectivity index (χ3v) is 5.74. The van der Waals surface area contributed by atoms with Crippen molar-refractivity contribution >= 4 is 22.4 Å². The quantitative estimate of drug-likeness (QED) is 0.798. The average molecular weight is 379 g/mol. The molecule has 0 radical (unpaired) electrons. The lowest BCUT2D eigenvalue weighted by molar-refractivity contribution is -0.117. The highest BCUT2D eigenvalue weighted by molar-refractivity contribution is 7.15. The lowest BCUT2D eigenvalue weighted by Crippen LogP contribution is -2.34. The fourth-order valence-electron chi connectivity index (χ4n) is 3.29. The van der Waals surface area contributed by atoms with Crippen LogP contribution in [0.25, 0.3) is 0 Å². The molecule has 7 heteroatoms. The Morgan fingerprint density at radius 3 is 3.04 bits per heavy atom. The molecule has 26 heavy (non-hydrogen) atoms. The van der Waals surface area contributed by atoms with Gasteiger partial charge in [0.2, 0.25) is 5.91 Å². The zero-order valence-electron chi connectivity index (χ0n) is 14.7. The van der Waals surface area contributed by atoms with E-state index in [1.54, 1.807) is 6.20 Å². The molecule has 0 bridgehead atoms. The Balaban J connectivity index is 1.53. The molecule has 2 unspecified atom stereocenters. The van der Waals surface area contributed by atoms with E-state index in [-0.39, 0.29) is 5.91 Å². The maximum Gasteiger partial charge on any atom is 0.226 e. The van der Waals surface area contributed by atoms with Crippen LogP contribution < -0.4 is 10.6 Å². The lowest BCUT2D eigenvalue weighted by Gasteiger charge is -2.27. The molecule has 1 amide bonds. The number of amides is 1. The summed E-state index contributed by atoms with van der Waals surface area (Å²) in [6.45, 7) is 4.15. The SMILES string of the molecule is CC(CC(=O)Nc1ncc(Cc2ccc(F)cc2F)s1)C1CCCNC1. The molecule has 2 N–H and O–H groups in total. The number of carbonyl (C=O) groups is 1. The first-order valence-electron chi connectivity index (χ1n) is 8.90. The number of rotatable bonds is 6. The van der Waals surface area contributed by atoms with E-state index in [1.807, 2.05) is 0 Å². The fourth-order valence-corrected chi connectivity index (χ4v) is 4.15. The number of carbonyl (C=O) groups excluding carboxylic acids is 1. The third kappa shape index (κ3) is 5.08. The van der Waals surface area contributed by atoms with Crippen molar-refractivity contribution in [1.82, 2.24) is 10.3 Å². The topological polar surface area (TPSA) is 54.0 Å². The first-order chi connectivity index (χ1) is 12.5. The molecule has 0 aliphatic carbocycles. The summed E-state index contributed by atoms with van der Waals surface area (Å²) in [5.41, 5.74) is 0.409. The van der Waals surface area contributed by atoms with E-state index in [2.05, 4.69) is 22.5 Å². The second kappa shape index (κ2) is 8.68. The van der Waals surface area contributed by atoms with Gasteiger partial charge in [-0.3, -0.25) is 4.79 Å². The van der Waals surface area contributed by atoms with Gasteiger partial charge in [-0.05, 0) is 49.4 Å². The minimum atomic E-state index is -0.592. The number of hydrogen-bond acceptors (Lipinski definition) is 4. The van der Waals surface area contributed by atoms with Gasteiger partial charge >= 0.3 is 0 Å². The van der Waals surface area contributed by atoms with E-state index in [0.29, 0.717) is 35.4 Å². The normalized spacial score (nSPS) is 18.5. The van der Waals surface area contributed by atoms with Crippen molar-refractivity contribution in [1.29, 1.82) is 0 Å². The minimum Gasteiger partial charge on any atom is -0.316 e. The molecule has 0 spiro atoms. The molecular weight excluding hydrogens is 356 g/mol. The number of benzene rings is 1. The second-order valence-corrected chi connectivity index (χ2v) is 8.00. The Bertz CT molecular complexity index is 759. The van der Waals surface area contributed by atoms with Gasteiger partial charge in [0.1, 0.15) is 11.6 Å². The highest BCUT2D eigenvalue weighted by atomic mass is 32.1. The summed E-state index contributed by atoms with van der Waals surface area (Å²) < 4.78 is 26.7. The standard InChI is InChI=1S/C19H23F2N3OS/c1-12(14-3-2-6-22-10-14)7-18(25)24-19-23-11-16(26-19)8-13-4-5-15(20)9-17(13)21/h4-5,9,11-12,14,22H,2-3,6-8,10H2,1H3,(H,23,24,25). The van der Waals surface area contributed by atoms with Gasteiger partial charge in [-0.1, -0.05) is 13.0 Å². The highest BCUT2D eigenvalue weighted by Gasteiger charge is 2.22. The van der Waals surface area contributed by atoms with E-state index < -0.39 is 11.6 Å². The van der Waals surface area contributed by atoms with Crippen molar-refractivity contribution < 1.29 is 13.6 Å². The minimum absolute atomic E-state index is 0.0445. The number of nitrogens with zero attached hydrogens (tertiary/aromatic N) is 1. The Labute approximate surface area is 156 Å². The largest absolute Gasteiger partial charge is 0.316 e. The summed E-state index contributed by atoms with van der Waals surface area (Å²) in [6.07, 6.45) is 4.73. The first-order valence-corrected chi connectivity index (χ1v) is 9.72. The number of hydrogen-bond donors (Lipinski definition) is 2. The van der Waals surface area contributed by atoms with Crippen molar-refractivity contribution in [2.75, 3.05) is 18.4 Å². The number of nitrogens with one attached hydrogen (secondary N) is 2. The van der Waals surface area contributed by atoms with E-state index >= 15 is 0 Å². The van der Waals surface area contributed by atoms with Crippen molar-refractivity contribution in [2.45, 2.75) is 32.6 Å². The van der Waals surface area contributed by atoms with Crippen LogP contribution in [-0.4, -0.2) is 24.0 Å². The molecule has 0 saturated carbocycles. The Hall–Kier alpha value is -1.86. The van der Waals surface area contributed by atoms with Crippen molar-refractivity contribution in [3.63, 3.8) is 0 Å². The maximum absolute atomic E-state index is 13.7. The Morgan fingerprint density at radius 1 is 1.46 bits per heavy atom. The van der Waals surface area contributed by atoms with Crippen LogP contribution in [0, 0.1) is 23.5 Å². The summed E-state index contributed by atoms with van der Waals surface area (Å²) in [5, 5.41) is 6.73. The molecule has 1 fully saturated rings. The third-order valence-electron chi connectivity index (χ3n) is 4.83. The van der Waals surface area contributed by atoms with Crippen LogP contribution in [-0.2, 0) is 11.2 Å². The van der Waals surface area contributed by atoms with Gasteiger partial charge in [-0.25, -0.2) is 13.8 Å². The molecule has 2 aromatic rings. The first kappa shape index (κ1) is 18.9. The van der Waals surface area contributed by atoms with Crippen molar-refractivity contribution in [2.24, 2.45) is 11.8 Å². The van der Waals surface area contributed by atoms with E-state index in [0.717, 1.165) is 36.9 Å². The summed E-state index contributed by atoms with van der Waals surface area (Å²) >= 11 is 1.32. The molecule has 140 valence electrons. The van der Waals surface area contributed by atoms with Crippen molar-refractivity contribution in [3.05, 3.63) is 46.5 Å². The van der Waals surface area contributed by atoms with Gasteiger partial charge in [0, 0.05) is 30.0 Å². The van der Waals surface area contributed by atoms with E-state index in [4.69, 9.17) is 0 Å². The highest BCUT2D eigenvalue weighted by Crippen LogP contribution is 2.25.